The van der Waals surface area contributed by atoms with Crippen LogP contribution in [0.1, 0.15) is 12.8 Å². The maximum atomic E-state index is 11.7. The SMILES string of the molecule is C=CCNC(=O)NC(=O)CN1CCC[C@@H]1C(=O)NC. The Morgan fingerprint density at radius 1 is 1.42 bits per heavy atom. The second-order valence-corrected chi connectivity index (χ2v) is 4.29. The minimum Gasteiger partial charge on any atom is -0.358 e. The van der Waals surface area contributed by atoms with Crippen LogP contribution in [-0.4, -0.2) is 55.5 Å². The van der Waals surface area contributed by atoms with E-state index in [9.17, 15) is 14.4 Å². The van der Waals surface area contributed by atoms with Gasteiger partial charge in [-0.05, 0) is 19.4 Å². The van der Waals surface area contributed by atoms with Crippen LogP contribution in [0.2, 0.25) is 0 Å². The summed E-state index contributed by atoms with van der Waals surface area (Å²) in [5, 5.41) is 7.23. The van der Waals surface area contributed by atoms with E-state index in [2.05, 4.69) is 22.5 Å². The number of amides is 4. The Kier molecular flexibility index (Phi) is 6.01. The lowest BCUT2D eigenvalue weighted by Gasteiger charge is -2.22. The van der Waals surface area contributed by atoms with E-state index in [4.69, 9.17) is 0 Å². The van der Waals surface area contributed by atoms with Crippen molar-refractivity contribution in [1.29, 1.82) is 0 Å². The first-order valence-electron chi connectivity index (χ1n) is 6.22. The van der Waals surface area contributed by atoms with Crippen molar-refractivity contribution in [3.63, 3.8) is 0 Å². The van der Waals surface area contributed by atoms with Crippen LogP contribution < -0.4 is 16.0 Å². The number of imide groups is 1. The summed E-state index contributed by atoms with van der Waals surface area (Å²) in [6.07, 6.45) is 3.12. The largest absolute Gasteiger partial charge is 0.358 e. The number of urea groups is 1. The number of likely N-dealkylation sites (N-methyl/N-ethyl adjacent to an activating group) is 1. The molecule has 0 radical (unpaired) electrons. The van der Waals surface area contributed by atoms with Gasteiger partial charge in [-0.3, -0.25) is 19.8 Å². The molecule has 0 aliphatic carbocycles. The molecule has 0 spiro atoms. The summed E-state index contributed by atoms with van der Waals surface area (Å²) in [7, 11) is 1.57. The highest BCUT2D eigenvalue weighted by atomic mass is 16.2. The summed E-state index contributed by atoms with van der Waals surface area (Å²) < 4.78 is 0. The molecular formula is C12H20N4O3. The van der Waals surface area contributed by atoms with Crippen LogP contribution >= 0.6 is 0 Å². The van der Waals surface area contributed by atoms with Crippen LogP contribution in [0.25, 0.3) is 0 Å². The minimum atomic E-state index is -0.555. The van der Waals surface area contributed by atoms with Crippen molar-refractivity contribution in [2.45, 2.75) is 18.9 Å². The topological polar surface area (TPSA) is 90.5 Å². The van der Waals surface area contributed by atoms with E-state index < -0.39 is 11.9 Å². The predicted molar refractivity (Wildman–Crippen MR) is 70.4 cm³/mol. The average molecular weight is 268 g/mol. The summed E-state index contributed by atoms with van der Waals surface area (Å²) in [6, 6.07) is -0.840. The van der Waals surface area contributed by atoms with Gasteiger partial charge in [-0.2, -0.15) is 0 Å². The third-order valence-electron chi connectivity index (χ3n) is 2.92. The van der Waals surface area contributed by atoms with Gasteiger partial charge < -0.3 is 10.6 Å². The van der Waals surface area contributed by atoms with E-state index in [-0.39, 0.29) is 18.5 Å². The molecule has 1 atom stereocenters. The fourth-order valence-electron chi connectivity index (χ4n) is 2.04. The Morgan fingerprint density at radius 3 is 2.79 bits per heavy atom. The molecule has 0 saturated carbocycles. The normalized spacial score (nSPS) is 18.7. The predicted octanol–water partition coefficient (Wildman–Crippen LogP) is -0.791. The van der Waals surface area contributed by atoms with Gasteiger partial charge in [-0.1, -0.05) is 6.08 Å². The van der Waals surface area contributed by atoms with E-state index in [1.54, 1.807) is 11.9 Å². The van der Waals surface area contributed by atoms with Gasteiger partial charge in [-0.15, -0.1) is 6.58 Å². The van der Waals surface area contributed by atoms with Crippen molar-refractivity contribution in [1.82, 2.24) is 20.9 Å². The van der Waals surface area contributed by atoms with E-state index in [0.29, 0.717) is 13.1 Å². The van der Waals surface area contributed by atoms with Crippen LogP contribution in [0.4, 0.5) is 4.79 Å². The fraction of sp³-hybridized carbons (Fsp3) is 0.583. The highest BCUT2D eigenvalue weighted by molar-refractivity contribution is 5.95. The molecule has 1 rings (SSSR count). The second-order valence-electron chi connectivity index (χ2n) is 4.29. The quantitative estimate of drug-likeness (QED) is 0.570. The van der Waals surface area contributed by atoms with Gasteiger partial charge in [-0.25, -0.2) is 4.79 Å². The molecule has 1 aliphatic heterocycles. The number of likely N-dealkylation sites (tertiary alicyclic amines) is 1. The van der Waals surface area contributed by atoms with Gasteiger partial charge in [0.05, 0.1) is 12.6 Å². The summed E-state index contributed by atoms with van der Waals surface area (Å²) in [4.78, 5) is 36.3. The Morgan fingerprint density at radius 2 is 2.16 bits per heavy atom. The van der Waals surface area contributed by atoms with Gasteiger partial charge in [0, 0.05) is 13.6 Å². The number of nitrogens with one attached hydrogen (secondary N) is 3. The van der Waals surface area contributed by atoms with E-state index >= 15 is 0 Å². The Balaban J connectivity index is 2.41. The summed E-state index contributed by atoms with van der Waals surface area (Å²) >= 11 is 0. The van der Waals surface area contributed by atoms with E-state index in [1.807, 2.05) is 0 Å². The molecule has 3 N–H and O–H groups in total. The molecule has 19 heavy (non-hydrogen) atoms. The fourth-order valence-corrected chi connectivity index (χ4v) is 2.04. The Bertz CT molecular complexity index is 370. The summed E-state index contributed by atoms with van der Waals surface area (Å²) in [5.74, 6) is -0.515. The summed E-state index contributed by atoms with van der Waals surface area (Å²) in [6.45, 7) is 4.47. The van der Waals surface area contributed by atoms with Crippen molar-refractivity contribution in [2.75, 3.05) is 26.7 Å². The van der Waals surface area contributed by atoms with Gasteiger partial charge in [0.25, 0.3) is 0 Å². The van der Waals surface area contributed by atoms with Crippen LogP contribution in [-0.2, 0) is 9.59 Å². The zero-order valence-electron chi connectivity index (χ0n) is 11.1. The number of carbonyl (C=O) groups excluding carboxylic acids is 3. The number of nitrogens with zero attached hydrogens (tertiary/aromatic N) is 1. The number of hydrogen-bond donors (Lipinski definition) is 3. The molecule has 1 heterocycles. The zero-order valence-corrected chi connectivity index (χ0v) is 11.1. The third kappa shape index (κ3) is 4.70. The Labute approximate surface area is 112 Å². The van der Waals surface area contributed by atoms with E-state index in [0.717, 1.165) is 12.8 Å². The molecule has 1 fully saturated rings. The maximum Gasteiger partial charge on any atom is 0.321 e. The van der Waals surface area contributed by atoms with Gasteiger partial charge in [0.2, 0.25) is 11.8 Å². The standard InChI is InChI=1S/C12H20N4O3/c1-3-6-14-12(19)15-10(17)8-16-7-4-5-9(16)11(18)13-2/h3,9H,1,4-8H2,2H3,(H,13,18)(H2,14,15,17,19)/t9-/m1/s1. The first-order chi connectivity index (χ1) is 9.08. The highest BCUT2D eigenvalue weighted by Crippen LogP contribution is 2.16. The molecule has 0 unspecified atom stereocenters. The second kappa shape index (κ2) is 7.52. The van der Waals surface area contributed by atoms with Gasteiger partial charge in [0.1, 0.15) is 0 Å². The molecule has 106 valence electrons. The van der Waals surface area contributed by atoms with Crippen molar-refractivity contribution in [3.05, 3.63) is 12.7 Å². The molecular weight excluding hydrogens is 248 g/mol. The third-order valence-corrected chi connectivity index (χ3v) is 2.92. The molecule has 1 aliphatic rings. The van der Waals surface area contributed by atoms with Crippen molar-refractivity contribution in [2.24, 2.45) is 0 Å². The molecule has 0 aromatic heterocycles. The lowest BCUT2D eigenvalue weighted by atomic mass is 10.2. The lowest BCUT2D eigenvalue weighted by molar-refractivity contribution is -0.126. The van der Waals surface area contributed by atoms with Gasteiger partial charge >= 0.3 is 6.03 Å². The lowest BCUT2D eigenvalue weighted by Crippen LogP contribution is -2.48. The van der Waals surface area contributed by atoms with Crippen molar-refractivity contribution < 1.29 is 14.4 Å². The zero-order chi connectivity index (χ0) is 14.3. The number of hydrogen-bond acceptors (Lipinski definition) is 4. The smallest absolute Gasteiger partial charge is 0.321 e. The van der Waals surface area contributed by atoms with Crippen LogP contribution in [0.3, 0.4) is 0 Å². The molecule has 4 amide bonds. The highest BCUT2D eigenvalue weighted by Gasteiger charge is 2.31. The monoisotopic (exact) mass is 268 g/mol. The van der Waals surface area contributed by atoms with Crippen molar-refractivity contribution in [3.8, 4) is 0 Å². The van der Waals surface area contributed by atoms with Crippen LogP contribution in [0.15, 0.2) is 12.7 Å². The van der Waals surface area contributed by atoms with Crippen molar-refractivity contribution >= 4 is 17.8 Å². The number of rotatable bonds is 5. The Hall–Kier alpha value is -1.89. The minimum absolute atomic E-state index is 0.0413. The van der Waals surface area contributed by atoms with E-state index in [1.165, 1.54) is 6.08 Å². The average Bonchev–Trinajstić information content (AvgIpc) is 2.83. The summed E-state index contributed by atoms with van der Waals surface area (Å²) in [5.41, 5.74) is 0. The molecule has 0 aromatic carbocycles. The number of carbonyl (C=O) groups is 3. The first kappa shape index (κ1) is 15.2. The molecule has 7 heteroatoms. The van der Waals surface area contributed by atoms with Gasteiger partial charge in [0.15, 0.2) is 0 Å². The molecule has 0 aromatic rings. The molecule has 1 saturated heterocycles. The molecule has 0 bridgehead atoms. The molecule has 7 nitrogen and oxygen atoms in total. The first-order valence-corrected chi connectivity index (χ1v) is 6.22. The van der Waals surface area contributed by atoms with Crippen LogP contribution in [0, 0.1) is 0 Å². The maximum absolute atomic E-state index is 11.7. The van der Waals surface area contributed by atoms with Crippen LogP contribution in [0.5, 0.6) is 0 Å².